The van der Waals surface area contributed by atoms with E-state index in [1.807, 2.05) is 0 Å². The first kappa shape index (κ1) is 15.5. The fourth-order valence-corrected chi connectivity index (χ4v) is 1.75. The molecule has 0 spiro atoms. The van der Waals surface area contributed by atoms with Crippen molar-refractivity contribution in [2.45, 2.75) is 51.9 Å². The molecule has 0 aromatic heterocycles. The minimum absolute atomic E-state index is 1.26. The van der Waals surface area contributed by atoms with Crippen LogP contribution in [0.15, 0.2) is 30.3 Å². The van der Waals surface area contributed by atoms with Crippen molar-refractivity contribution in [2.75, 3.05) is 6.38 Å². The second kappa shape index (κ2) is 12.6. The summed E-state index contributed by atoms with van der Waals surface area (Å²) < 4.78 is 0. The Bertz CT molecular complexity index is 218. The number of benzene rings is 1. The first-order valence-electron chi connectivity index (χ1n) is 6.35. The van der Waals surface area contributed by atoms with Gasteiger partial charge in [-0.25, -0.2) is 0 Å². The summed E-state index contributed by atoms with van der Waals surface area (Å²) in [5.74, 6) is 0. The lowest BCUT2D eigenvalue weighted by atomic mass is 10.1. The van der Waals surface area contributed by atoms with Crippen molar-refractivity contribution in [3.63, 3.8) is 0 Å². The molecule has 1 rings (SSSR count). The normalized spacial score (nSPS) is 9.44. The SMILES string of the molecule is CCCCCCCCc1ccccc1.CCl. The lowest BCUT2D eigenvalue weighted by molar-refractivity contribution is 0.607. The summed E-state index contributed by atoms with van der Waals surface area (Å²) in [5.41, 5.74) is 1.49. The second-order valence-corrected chi connectivity index (χ2v) is 4.00. The van der Waals surface area contributed by atoms with Crippen LogP contribution in [0.2, 0.25) is 0 Å². The van der Waals surface area contributed by atoms with Crippen molar-refractivity contribution < 1.29 is 0 Å². The Morgan fingerprint density at radius 2 is 1.38 bits per heavy atom. The van der Waals surface area contributed by atoms with Gasteiger partial charge < -0.3 is 0 Å². The molecule has 0 aliphatic heterocycles. The average molecular weight is 241 g/mol. The highest BCUT2D eigenvalue weighted by molar-refractivity contribution is 6.15. The summed E-state index contributed by atoms with van der Waals surface area (Å²) in [7, 11) is 0. The molecule has 0 atom stereocenters. The molecule has 0 heterocycles. The fraction of sp³-hybridized carbons (Fsp3) is 0.600. The van der Waals surface area contributed by atoms with Crippen LogP contribution in [0.25, 0.3) is 0 Å². The maximum Gasteiger partial charge on any atom is 0.0108 e. The Balaban J connectivity index is 0.00000106. The van der Waals surface area contributed by atoms with E-state index in [1.165, 1.54) is 56.9 Å². The number of hydrogen-bond acceptors (Lipinski definition) is 0. The minimum Gasteiger partial charge on any atom is -0.130 e. The lowest BCUT2D eigenvalue weighted by Gasteiger charge is -2.01. The number of rotatable bonds is 7. The molecule has 0 radical (unpaired) electrons. The third-order valence-electron chi connectivity index (χ3n) is 2.66. The molecule has 0 nitrogen and oxygen atoms in total. The number of unbranched alkanes of at least 4 members (excludes halogenated alkanes) is 5. The molecule has 92 valence electrons. The Hall–Kier alpha value is -0.490. The standard InChI is InChI=1S/C14H22.CH3Cl/c1-2-3-4-5-6-8-11-14-12-9-7-10-13-14;1-2/h7,9-10,12-13H,2-6,8,11H2,1H3;1H3. The lowest BCUT2D eigenvalue weighted by Crippen LogP contribution is -1.85. The highest BCUT2D eigenvalue weighted by Crippen LogP contribution is 2.09. The van der Waals surface area contributed by atoms with Crippen LogP contribution in [-0.4, -0.2) is 6.38 Å². The van der Waals surface area contributed by atoms with E-state index in [2.05, 4.69) is 48.9 Å². The molecule has 0 fully saturated rings. The third kappa shape index (κ3) is 8.79. The van der Waals surface area contributed by atoms with Crippen LogP contribution < -0.4 is 0 Å². The van der Waals surface area contributed by atoms with E-state index < -0.39 is 0 Å². The molecule has 1 aromatic carbocycles. The molecule has 0 N–H and O–H groups in total. The van der Waals surface area contributed by atoms with Crippen molar-refractivity contribution >= 4 is 11.6 Å². The summed E-state index contributed by atoms with van der Waals surface area (Å²) in [6.07, 6.45) is 11.1. The number of hydrogen-bond donors (Lipinski definition) is 0. The van der Waals surface area contributed by atoms with Crippen LogP contribution in [0.4, 0.5) is 0 Å². The quantitative estimate of drug-likeness (QED) is 0.440. The Kier molecular flexibility index (Phi) is 12.2. The highest BCUT2D eigenvalue weighted by atomic mass is 35.5. The van der Waals surface area contributed by atoms with Crippen LogP contribution in [0.5, 0.6) is 0 Å². The molecule has 0 aliphatic rings. The topological polar surface area (TPSA) is 0 Å². The van der Waals surface area contributed by atoms with Gasteiger partial charge in [0.25, 0.3) is 0 Å². The molecular formula is C15H25Cl. The van der Waals surface area contributed by atoms with Gasteiger partial charge in [-0.3, -0.25) is 0 Å². The van der Waals surface area contributed by atoms with Gasteiger partial charge in [-0.15, -0.1) is 11.6 Å². The molecule has 0 unspecified atom stereocenters. The van der Waals surface area contributed by atoms with E-state index in [0.717, 1.165) is 0 Å². The largest absolute Gasteiger partial charge is 0.130 e. The van der Waals surface area contributed by atoms with Gasteiger partial charge in [-0.1, -0.05) is 69.4 Å². The van der Waals surface area contributed by atoms with Crippen LogP contribution in [0.1, 0.15) is 51.0 Å². The number of aryl methyl sites for hydroxylation is 1. The zero-order valence-electron chi connectivity index (χ0n) is 10.7. The summed E-state index contributed by atoms with van der Waals surface area (Å²) >= 11 is 4.64. The zero-order chi connectivity index (χ0) is 12.1. The van der Waals surface area contributed by atoms with Gasteiger partial charge in [0, 0.05) is 6.38 Å². The van der Waals surface area contributed by atoms with Crippen molar-refractivity contribution in [2.24, 2.45) is 0 Å². The fourth-order valence-electron chi connectivity index (χ4n) is 1.75. The van der Waals surface area contributed by atoms with Crippen LogP contribution in [0.3, 0.4) is 0 Å². The number of halogens is 1. The van der Waals surface area contributed by atoms with Crippen molar-refractivity contribution in [1.29, 1.82) is 0 Å². The molecule has 16 heavy (non-hydrogen) atoms. The second-order valence-electron chi connectivity index (χ2n) is 4.00. The predicted molar refractivity (Wildman–Crippen MR) is 75.3 cm³/mol. The van der Waals surface area contributed by atoms with E-state index in [9.17, 15) is 0 Å². The van der Waals surface area contributed by atoms with Gasteiger partial charge in [0.15, 0.2) is 0 Å². The van der Waals surface area contributed by atoms with E-state index in [-0.39, 0.29) is 0 Å². The number of alkyl halides is 1. The summed E-state index contributed by atoms with van der Waals surface area (Å²) in [6, 6.07) is 10.8. The van der Waals surface area contributed by atoms with Crippen molar-refractivity contribution in [1.82, 2.24) is 0 Å². The van der Waals surface area contributed by atoms with Gasteiger partial charge in [0.1, 0.15) is 0 Å². The summed E-state index contributed by atoms with van der Waals surface area (Å²) in [4.78, 5) is 0. The minimum atomic E-state index is 1.26. The van der Waals surface area contributed by atoms with Gasteiger partial charge in [-0.2, -0.15) is 0 Å². The Labute approximate surface area is 106 Å². The van der Waals surface area contributed by atoms with Crippen LogP contribution >= 0.6 is 11.6 Å². The van der Waals surface area contributed by atoms with Gasteiger partial charge in [-0.05, 0) is 18.4 Å². The molecule has 0 saturated carbocycles. The highest BCUT2D eigenvalue weighted by Gasteiger charge is 1.92. The monoisotopic (exact) mass is 240 g/mol. The predicted octanol–water partition coefficient (Wildman–Crippen LogP) is 5.44. The molecule has 0 bridgehead atoms. The van der Waals surface area contributed by atoms with E-state index in [1.54, 1.807) is 0 Å². The van der Waals surface area contributed by atoms with E-state index in [4.69, 9.17) is 0 Å². The maximum atomic E-state index is 4.64. The molecule has 1 aromatic rings. The smallest absolute Gasteiger partial charge is 0.0108 e. The molecule has 0 amide bonds. The van der Waals surface area contributed by atoms with E-state index in [0.29, 0.717) is 0 Å². The van der Waals surface area contributed by atoms with Crippen molar-refractivity contribution in [3.05, 3.63) is 35.9 Å². The molecule has 1 heteroatoms. The first-order valence-corrected chi connectivity index (χ1v) is 7.11. The maximum absolute atomic E-state index is 4.64. The molecule has 0 aliphatic carbocycles. The average Bonchev–Trinajstić information content (AvgIpc) is 2.37. The molecular weight excluding hydrogens is 216 g/mol. The summed E-state index contributed by atoms with van der Waals surface area (Å²) in [6.45, 7) is 2.27. The van der Waals surface area contributed by atoms with Gasteiger partial charge in [0.05, 0.1) is 0 Å². The molecule has 0 saturated heterocycles. The summed E-state index contributed by atoms with van der Waals surface area (Å²) in [5, 5.41) is 0. The van der Waals surface area contributed by atoms with Crippen molar-refractivity contribution in [3.8, 4) is 0 Å². The third-order valence-corrected chi connectivity index (χ3v) is 2.66. The zero-order valence-corrected chi connectivity index (χ0v) is 11.5. The first-order chi connectivity index (χ1) is 7.93. The van der Waals surface area contributed by atoms with Crippen LogP contribution in [-0.2, 0) is 6.42 Å². The van der Waals surface area contributed by atoms with Crippen LogP contribution in [0, 0.1) is 0 Å². The van der Waals surface area contributed by atoms with E-state index >= 15 is 0 Å². The van der Waals surface area contributed by atoms with Gasteiger partial charge in [0.2, 0.25) is 0 Å². The Morgan fingerprint density at radius 1 is 0.812 bits per heavy atom. The Morgan fingerprint density at radius 3 is 2.00 bits per heavy atom. The van der Waals surface area contributed by atoms with Gasteiger partial charge >= 0.3 is 0 Å².